The number of aromatic nitrogens is 1. The first-order chi connectivity index (χ1) is 18.0. The summed E-state index contributed by atoms with van der Waals surface area (Å²) in [5, 5.41) is 0. The van der Waals surface area contributed by atoms with Gasteiger partial charge < -0.3 is 14.4 Å². The topological polar surface area (TPSA) is 72.0 Å². The number of benzene rings is 1. The highest BCUT2D eigenvalue weighted by atomic mass is 127. The number of pyridine rings is 1. The van der Waals surface area contributed by atoms with E-state index < -0.39 is 0 Å². The van der Waals surface area contributed by atoms with Crippen LogP contribution < -0.4 is 4.90 Å². The van der Waals surface area contributed by atoms with Crippen LogP contribution in [0.2, 0.25) is 0 Å². The number of amides is 2. The summed E-state index contributed by atoms with van der Waals surface area (Å²) in [5.74, 6) is 6.75. The summed E-state index contributed by atoms with van der Waals surface area (Å²) in [6.07, 6.45) is 4.73. The number of fused-ring (bicyclic) bond motifs is 1. The van der Waals surface area contributed by atoms with Gasteiger partial charge in [-0.25, -0.2) is 4.98 Å². The van der Waals surface area contributed by atoms with Crippen molar-refractivity contribution in [3.63, 3.8) is 0 Å². The molecular weight excluding hydrogens is 581 g/mol. The van der Waals surface area contributed by atoms with Gasteiger partial charge in [0.1, 0.15) is 11.5 Å². The van der Waals surface area contributed by atoms with Crippen LogP contribution in [0.4, 0.5) is 11.5 Å². The monoisotopic (exact) mass is 611 g/mol. The Morgan fingerprint density at radius 2 is 1.89 bits per heavy atom. The van der Waals surface area contributed by atoms with Crippen molar-refractivity contribution in [2.45, 2.75) is 57.5 Å². The molecule has 1 aliphatic carbocycles. The van der Waals surface area contributed by atoms with E-state index in [1.54, 1.807) is 4.90 Å². The Labute approximate surface area is 231 Å². The fourth-order valence-corrected chi connectivity index (χ4v) is 5.86. The predicted molar refractivity (Wildman–Crippen MR) is 148 cm³/mol. The number of ether oxygens (including phenoxy) is 2. The molecule has 2 aromatic rings. The van der Waals surface area contributed by atoms with Gasteiger partial charge in [-0.05, 0) is 103 Å². The van der Waals surface area contributed by atoms with E-state index in [1.807, 2.05) is 17.0 Å². The molecule has 2 amide bonds. The molecule has 2 saturated heterocycles. The molecule has 3 fully saturated rings. The molecule has 7 nitrogen and oxygen atoms in total. The highest BCUT2D eigenvalue weighted by Crippen LogP contribution is 2.47. The number of nitrogens with zero attached hydrogens (tertiary/aromatic N) is 3. The number of hydrogen-bond donors (Lipinski definition) is 0. The second-order valence-corrected chi connectivity index (χ2v) is 11.5. The van der Waals surface area contributed by atoms with Crippen LogP contribution in [0.5, 0.6) is 0 Å². The van der Waals surface area contributed by atoms with Crippen molar-refractivity contribution in [3.05, 3.63) is 50.2 Å². The fourth-order valence-electron chi connectivity index (χ4n) is 5.36. The Kier molecular flexibility index (Phi) is 6.95. The van der Waals surface area contributed by atoms with E-state index in [0.717, 1.165) is 54.5 Å². The molecule has 1 aromatic heterocycles. The zero-order valence-electron chi connectivity index (χ0n) is 21.0. The lowest BCUT2D eigenvalue weighted by atomic mass is 10.0. The zero-order valence-corrected chi connectivity index (χ0v) is 23.1. The van der Waals surface area contributed by atoms with Gasteiger partial charge in [0.25, 0.3) is 5.91 Å². The van der Waals surface area contributed by atoms with Crippen LogP contribution >= 0.6 is 22.6 Å². The lowest BCUT2D eigenvalue weighted by Gasteiger charge is -2.24. The predicted octanol–water partition coefficient (Wildman–Crippen LogP) is 4.71. The molecule has 1 atom stereocenters. The first-order valence-corrected chi connectivity index (χ1v) is 14.2. The van der Waals surface area contributed by atoms with Crippen LogP contribution in [0.1, 0.15) is 65.2 Å². The van der Waals surface area contributed by atoms with Crippen LogP contribution in [-0.4, -0.2) is 54.2 Å². The van der Waals surface area contributed by atoms with Gasteiger partial charge in [0.2, 0.25) is 0 Å². The minimum absolute atomic E-state index is 0.0774. The third-order valence-corrected chi connectivity index (χ3v) is 8.88. The Morgan fingerprint density at radius 1 is 1.11 bits per heavy atom. The molecule has 192 valence electrons. The third kappa shape index (κ3) is 5.01. The number of hydrogen-bond acceptors (Lipinski definition) is 5. The third-order valence-electron chi connectivity index (χ3n) is 7.72. The van der Waals surface area contributed by atoms with E-state index >= 15 is 0 Å². The van der Waals surface area contributed by atoms with Crippen molar-refractivity contribution in [2.24, 2.45) is 5.92 Å². The van der Waals surface area contributed by atoms with Gasteiger partial charge in [0, 0.05) is 41.4 Å². The normalized spacial score (nSPS) is 21.5. The Balaban J connectivity index is 1.40. The molecule has 6 rings (SSSR count). The molecule has 8 heteroatoms. The number of aryl methyl sites for hydroxylation is 1. The quantitative estimate of drug-likeness (QED) is 0.370. The zero-order chi connectivity index (χ0) is 25.5. The lowest BCUT2D eigenvalue weighted by Crippen LogP contribution is -2.36. The van der Waals surface area contributed by atoms with Gasteiger partial charge in [-0.15, -0.1) is 0 Å². The van der Waals surface area contributed by atoms with Crippen LogP contribution in [0, 0.1) is 28.3 Å². The molecule has 0 radical (unpaired) electrons. The highest BCUT2D eigenvalue weighted by molar-refractivity contribution is 14.1. The van der Waals surface area contributed by atoms with Gasteiger partial charge in [0.15, 0.2) is 0 Å². The highest BCUT2D eigenvalue weighted by Gasteiger charge is 2.37. The molecular formula is C29H30IN3O4. The van der Waals surface area contributed by atoms with Gasteiger partial charge in [-0.1, -0.05) is 12.0 Å². The van der Waals surface area contributed by atoms with Crippen molar-refractivity contribution in [2.75, 3.05) is 31.3 Å². The Morgan fingerprint density at radius 3 is 2.62 bits per heavy atom. The average Bonchev–Trinajstić information content (AvgIpc) is 3.51. The summed E-state index contributed by atoms with van der Waals surface area (Å²) in [6.45, 7) is 5.18. The summed E-state index contributed by atoms with van der Waals surface area (Å²) in [5.41, 5.74) is 4.39. The van der Waals surface area contributed by atoms with Crippen molar-refractivity contribution >= 4 is 45.9 Å². The molecule has 3 aliphatic heterocycles. The molecule has 0 N–H and O–H groups in total. The molecule has 4 heterocycles. The number of rotatable bonds is 4. The van der Waals surface area contributed by atoms with E-state index in [0.29, 0.717) is 50.4 Å². The standard InChI is InChI=1S/C29H30IN3O4/c1-18-14-25(23(15-24(18)30)20-3-4-20)33(27(34)7-2-19-8-11-36-12-9-19)26-6-5-21-16-32(22-10-13-37-17-22)29(35)28(21)31-26/h5-6,14-15,19-20,22H,3-4,8-13,16-17H2,1H3/t22-/m0/s1. The molecule has 1 aromatic carbocycles. The average molecular weight is 611 g/mol. The number of halogens is 1. The minimum atomic E-state index is -0.312. The van der Waals surface area contributed by atoms with Crippen molar-refractivity contribution in [3.8, 4) is 11.8 Å². The smallest absolute Gasteiger partial charge is 0.308 e. The Bertz CT molecular complexity index is 1300. The van der Waals surface area contributed by atoms with E-state index in [-0.39, 0.29) is 23.8 Å². The largest absolute Gasteiger partial charge is 0.381 e. The lowest BCUT2D eigenvalue weighted by molar-refractivity contribution is -0.112. The van der Waals surface area contributed by atoms with Crippen LogP contribution in [-0.2, 0) is 20.8 Å². The fraction of sp³-hybridized carbons (Fsp3) is 0.483. The summed E-state index contributed by atoms with van der Waals surface area (Å²) < 4.78 is 12.1. The molecule has 0 bridgehead atoms. The molecule has 4 aliphatic rings. The summed E-state index contributed by atoms with van der Waals surface area (Å²) in [6, 6.07) is 8.14. The first kappa shape index (κ1) is 24.8. The molecule has 0 unspecified atom stereocenters. The van der Waals surface area contributed by atoms with E-state index in [4.69, 9.17) is 14.5 Å². The second-order valence-electron chi connectivity index (χ2n) is 10.4. The maximum Gasteiger partial charge on any atom is 0.308 e. The second kappa shape index (κ2) is 10.4. The van der Waals surface area contributed by atoms with Gasteiger partial charge in [-0.3, -0.25) is 14.5 Å². The molecule has 0 spiro atoms. The van der Waals surface area contributed by atoms with Crippen LogP contribution in [0.25, 0.3) is 0 Å². The molecule has 37 heavy (non-hydrogen) atoms. The van der Waals surface area contributed by atoms with E-state index in [1.165, 1.54) is 3.57 Å². The molecule has 1 saturated carbocycles. The minimum Gasteiger partial charge on any atom is -0.381 e. The summed E-state index contributed by atoms with van der Waals surface area (Å²) >= 11 is 2.36. The van der Waals surface area contributed by atoms with Crippen molar-refractivity contribution in [1.82, 2.24) is 9.88 Å². The SMILES string of the molecule is Cc1cc(N(C(=O)C#CC2CCOCC2)c2ccc3c(n2)C(=O)N([C@H]2CCOC2)C3)c(C2CC2)cc1I. The maximum absolute atomic E-state index is 13.8. The van der Waals surface area contributed by atoms with Crippen molar-refractivity contribution < 1.29 is 19.1 Å². The van der Waals surface area contributed by atoms with Crippen molar-refractivity contribution in [1.29, 1.82) is 0 Å². The van der Waals surface area contributed by atoms with Crippen LogP contribution in [0.3, 0.4) is 0 Å². The number of carbonyl (C=O) groups excluding carboxylic acids is 2. The van der Waals surface area contributed by atoms with Gasteiger partial charge in [-0.2, -0.15) is 0 Å². The summed E-state index contributed by atoms with van der Waals surface area (Å²) in [4.78, 5) is 35.4. The maximum atomic E-state index is 13.8. The van der Waals surface area contributed by atoms with E-state index in [9.17, 15) is 9.59 Å². The number of anilines is 2. The summed E-state index contributed by atoms with van der Waals surface area (Å²) in [7, 11) is 0. The number of carbonyl (C=O) groups is 2. The van der Waals surface area contributed by atoms with Crippen LogP contribution in [0.15, 0.2) is 24.3 Å². The van der Waals surface area contributed by atoms with E-state index in [2.05, 4.69) is 53.5 Å². The van der Waals surface area contributed by atoms with Gasteiger partial charge in [0.05, 0.1) is 18.3 Å². The Hall–Kier alpha value is -2.48. The van der Waals surface area contributed by atoms with Gasteiger partial charge >= 0.3 is 5.91 Å². The first-order valence-electron chi connectivity index (χ1n) is 13.1.